The molecule has 0 aliphatic carbocycles. The van der Waals surface area contributed by atoms with Crippen LogP contribution in [0.2, 0.25) is 0 Å². The molecule has 2 N–H and O–H groups in total. The normalized spacial score (nSPS) is 10.3. The van der Waals surface area contributed by atoms with Crippen molar-refractivity contribution in [2.24, 2.45) is 0 Å². The first-order valence-corrected chi connectivity index (χ1v) is 10.2. The number of nitrogens with zero attached hydrogens (tertiary/aromatic N) is 2. The summed E-state index contributed by atoms with van der Waals surface area (Å²) in [6.07, 6.45) is 0.171. The van der Waals surface area contributed by atoms with Gasteiger partial charge in [-0.15, -0.1) is 10.2 Å². The fourth-order valence-electron chi connectivity index (χ4n) is 2.29. The van der Waals surface area contributed by atoms with Crippen LogP contribution < -0.4 is 15.4 Å². The van der Waals surface area contributed by atoms with Crippen molar-refractivity contribution < 1.29 is 14.3 Å². The first-order chi connectivity index (χ1) is 13.6. The molecule has 0 aliphatic heterocycles. The molecule has 3 aromatic rings. The summed E-state index contributed by atoms with van der Waals surface area (Å²) in [5.74, 6) is 0.146. The number of ether oxygens (including phenoxy) is 1. The Balaban J connectivity index is 1.45. The van der Waals surface area contributed by atoms with Crippen molar-refractivity contribution in [2.45, 2.75) is 10.8 Å². The van der Waals surface area contributed by atoms with E-state index in [-0.39, 0.29) is 24.0 Å². The van der Waals surface area contributed by atoms with Crippen molar-refractivity contribution in [1.29, 1.82) is 0 Å². The molecular weight excluding hydrogens is 396 g/mol. The number of methoxy groups -OCH3 is 1. The van der Waals surface area contributed by atoms with Crippen molar-refractivity contribution in [3.8, 4) is 5.75 Å². The van der Waals surface area contributed by atoms with Gasteiger partial charge in [0, 0.05) is 11.8 Å². The summed E-state index contributed by atoms with van der Waals surface area (Å²) in [4.78, 5) is 23.9. The van der Waals surface area contributed by atoms with Gasteiger partial charge in [-0.25, -0.2) is 0 Å². The Morgan fingerprint density at radius 3 is 2.68 bits per heavy atom. The third-order valence-electron chi connectivity index (χ3n) is 3.54. The zero-order valence-electron chi connectivity index (χ0n) is 15.0. The van der Waals surface area contributed by atoms with Gasteiger partial charge in [0.15, 0.2) is 4.34 Å². The molecule has 0 radical (unpaired) electrons. The van der Waals surface area contributed by atoms with Gasteiger partial charge < -0.3 is 10.1 Å². The maximum Gasteiger partial charge on any atom is 0.237 e. The second kappa shape index (κ2) is 9.86. The van der Waals surface area contributed by atoms with Gasteiger partial charge in [-0.2, -0.15) is 0 Å². The van der Waals surface area contributed by atoms with Gasteiger partial charge in [0.1, 0.15) is 5.75 Å². The fraction of sp³-hybridized carbons (Fsp3) is 0.158. The zero-order valence-corrected chi connectivity index (χ0v) is 16.7. The minimum Gasteiger partial charge on any atom is -0.497 e. The van der Waals surface area contributed by atoms with Gasteiger partial charge in [-0.05, 0) is 17.7 Å². The van der Waals surface area contributed by atoms with E-state index < -0.39 is 0 Å². The number of hydrogen-bond donors (Lipinski definition) is 2. The highest BCUT2D eigenvalue weighted by atomic mass is 32.2. The minimum atomic E-state index is -0.358. The van der Waals surface area contributed by atoms with Gasteiger partial charge >= 0.3 is 0 Å². The number of hydrogen-bond acceptors (Lipinski definition) is 8. The van der Waals surface area contributed by atoms with Crippen molar-refractivity contribution in [3.05, 3.63) is 60.2 Å². The van der Waals surface area contributed by atoms with Crippen LogP contribution >= 0.6 is 23.1 Å². The topological polar surface area (TPSA) is 93.2 Å². The van der Waals surface area contributed by atoms with E-state index in [1.807, 2.05) is 54.6 Å². The van der Waals surface area contributed by atoms with E-state index in [0.29, 0.717) is 9.47 Å². The molecule has 3 rings (SSSR count). The standard InChI is InChI=1S/C19H18N4O3S2/c1-26-15-9-5-8-14(11-15)20-18-22-23-19(28-18)27-12-17(25)21-16(24)10-13-6-3-2-4-7-13/h2-9,11H,10,12H2,1H3,(H,20,22)(H,21,24,25). The van der Waals surface area contributed by atoms with Crippen LogP contribution in [0.3, 0.4) is 0 Å². The fourth-order valence-corrected chi connectivity index (χ4v) is 3.86. The summed E-state index contributed by atoms with van der Waals surface area (Å²) in [7, 11) is 1.61. The van der Waals surface area contributed by atoms with Crippen molar-refractivity contribution >= 4 is 45.7 Å². The lowest BCUT2D eigenvalue weighted by molar-refractivity contribution is -0.128. The number of aromatic nitrogens is 2. The van der Waals surface area contributed by atoms with E-state index in [2.05, 4.69) is 20.8 Å². The third kappa shape index (κ3) is 6.07. The Labute approximate surface area is 170 Å². The molecule has 28 heavy (non-hydrogen) atoms. The van der Waals surface area contributed by atoms with E-state index >= 15 is 0 Å². The van der Waals surface area contributed by atoms with Crippen molar-refractivity contribution in [3.63, 3.8) is 0 Å². The van der Waals surface area contributed by atoms with Crippen molar-refractivity contribution in [2.75, 3.05) is 18.2 Å². The minimum absolute atomic E-state index is 0.0916. The number of benzene rings is 2. The number of nitrogens with one attached hydrogen (secondary N) is 2. The number of carbonyl (C=O) groups is 2. The van der Waals surface area contributed by atoms with Gasteiger partial charge in [-0.3, -0.25) is 14.9 Å². The number of amides is 2. The van der Waals surface area contributed by atoms with Crippen LogP contribution in [0.15, 0.2) is 58.9 Å². The largest absolute Gasteiger partial charge is 0.497 e. The van der Waals surface area contributed by atoms with Gasteiger partial charge in [-0.1, -0.05) is 59.5 Å². The molecule has 2 amide bonds. The molecule has 0 atom stereocenters. The molecule has 1 aromatic heterocycles. The van der Waals surface area contributed by atoms with Crippen molar-refractivity contribution in [1.82, 2.24) is 15.5 Å². The highest BCUT2D eigenvalue weighted by molar-refractivity contribution is 8.01. The average molecular weight is 415 g/mol. The lowest BCUT2D eigenvalue weighted by Gasteiger charge is -2.04. The molecule has 144 valence electrons. The van der Waals surface area contributed by atoms with Crippen LogP contribution in [0, 0.1) is 0 Å². The maximum atomic E-state index is 12.0. The Kier molecular flexibility index (Phi) is 6.99. The summed E-state index contributed by atoms with van der Waals surface area (Å²) < 4.78 is 5.82. The Bertz CT molecular complexity index is 947. The van der Waals surface area contributed by atoms with Crippen LogP contribution in [0.25, 0.3) is 0 Å². The molecule has 0 spiro atoms. The summed E-state index contributed by atoms with van der Waals surface area (Å²) in [5.41, 5.74) is 1.69. The molecule has 9 heteroatoms. The molecular formula is C19H18N4O3S2. The Morgan fingerprint density at radius 2 is 1.89 bits per heavy atom. The number of imide groups is 1. The molecule has 0 bridgehead atoms. The number of thioether (sulfide) groups is 1. The average Bonchev–Trinajstić information content (AvgIpc) is 3.14. The number of anilines is 2. The van der Waals surface area contributed by atoms with Crippen LogP contribution in [0.5, 0.6) is 5.75 Å². The third-order valence-corrected chi connectivity index (χ3v) is 5.51. The monoisotopic (exact) mass is 414 g/mol. The molecule has 0 unspecified atom stereocenters. The van der Waals surface area contributed by atoms with Gasteiger partial charge in [0.05, 0.1) is 19.3 Å². The van der Waals surface area contributed by atoms with E-state index in [1.54, 1.807) is 7.11 Å². The van der Waals surface area contributed by atoms with E-state index in [0.717, 1.165) is 17.0 Å². The Morgan fingerprint density at radius 1 is 1.07 bits per heavy atom. The van der Waals surface area contributed by atoms with Crippen LogP contribution in [-0.4, -0.2) is 34.9 Å². The predicted molar refractivity (Wildman–Crippen MR) is 110 cm³/mol. The lowest BCUT2D eigenvalue weighted by Crippen LogP contribution is -2.33. The molecule has 0 saturated carbocycles. The maximum absolute atomic E-state index is 12.0. The SMILES string of the molecule is COc1cccc(Nc2nnc(SCC(=O)NC(=O)Cc3ccccc3)s2)c1. The molecule has 2 aromatic carbocycles. The predicted octanol–water partition coefficient (Wildman–Crippen LogP) is 3.27. The second-order valence-corrected chi connectivity index (χ2v) is 7.85. The molecule has 0 fully saturated rings. The lowest BCUT2D eigenvalue weighted by atomic mass is 10.1. The van der Waals surface area contributed by atoms with Crippen LogP contribution in [0.1, 0.15) is 5.56 Å². The van der Waals surface area contributed by atoms with E-state index in [9.17, 15) is 9.59 Å². The van der Waals surface area contributed by atoms with E-state index in [1.165, 1.54) is 23.1 Å². The molecule has 0 saturated heterocycles. The number of rotatable bonds is 8. The summed E-state index contributed by atoms with van der Waals surface area (Å²) >= 11 is 2.56. The van der Waals surface area contributed by atoms with Gasteiger partial charge in [0.25, 0.3) is 0 Å². The molecule has 1 heterocycles. The van der Waals surface area contributed by atoms with Gasteiger partial charge in [0.2, 0.25) is 16.9 Å². The summed E-state index contributed by atoms with van der Waals surface area (Å²) in [6.45, 7) is 0. The molecule has 7 nitrogen and oxygen atoms in total. The Hall–Kier alpha value is -2.91. The smallest absolute Gasteiger partial charge is 0.237 e. The summed E-state index contributed by atoms with van der Waals surface area (Å²) in [5, 5.41) is 14.2. The second-order valence-electron chi connectivity index (χ2n) is 5.65. The van der Waals surface area contributed by atoms with Crippen LogP contribution in [0.4, 0.5) is 10.8 Å². The number of carbonyl (C=O) groups excluding carboxylic acids is 2. The quantitative estimate of drug-likeness (QED) is 0.547. The first-order valence-electron chi connectivity index (χ1n) is 8.36. The highest BCUT2D eigenvalue weighted by Gasteiger charge is 2.12. The summed E-state index contributed by atoms with van der Waals surface area (Å²) in [6, 6.07) is 16.7. The first kappa shape index (κ1) is 19.8. The molecule has 0 aliphatic rings. The van der Waals surface area contributed by atoms with E-state index in [4.69, 9.17) is 4.74 Å². The van der Waals surface area contributed by atoms with Crippen LogP contribution in [-0.2, 0) is 16.0 Å². The highest BCUT2D eigenvalue weighted by Crippen LogP contribution is 2.28. The zero-order chi connectivity index (χ0) is 19.8.